The van der Waals surface area contributed by atoms with Gasteiger partial charge in [0.25, 0.3) is 0 Å². The number of halogens is 1. The number of alkyl halides is 1. The maximum absolute atomic E-state index is 13.6. The number of carbonyl (C=O) groups excluding carboxylic acids is 1. The van der Waals surface area contributed by atoms with E-state index in [1.54, 1.807) is 0 Å². The second kappa shape index (κ2) is 6.48. The topological polar surface area (TPSA) is 49.8 Å². The first kappa shape index (κ1) is 16.1. The highest BCUT2D eigenvalue weighted by atomic mass is 19.1. The molecular formula is C20H20FNO3. The van der Waals surface area contributed by atoms with E-state index in [1.807, 2.05) is 24.3 Å². The van der Waals surface area contributed by atoms with Crippen LogP contribution in [0, 0.1) is 0 Å². The molecule has 25 heavy (non-hydrogen) atoms. The maximum Gasteiger partial charge on any atom is 0.409 e. The van der Waals surface area contributed by atoms with Crippen molar-refractivity contribution in [2.24, 2.45) is 0 Å². The summed E-state index contributed by atoms with van der Waals surface area (Å²) in [5.74, 6) is -0.0211. The zero-order valence-corrected chi connectivity index (χ0v) is 13.8. The standard InChI is InChI=1S/C20H20FNO3/c21-13-9-14(23)11-22(10-13)20(24)25-12-19-17-7-3-1-5-15(17)16-6-2-4-8-18(16)19/h1-8,13-14,19,23H,9-12H2/t13-,14+/m0/s1. The number of ether oxygens (including phenoxy) is 1. The van der Waals surface area contributed by atoms with Gasteiger partial charge in [-0.2, -0.15) is 0 Å². The molecule has 130 valence electrons. The van der Waals surface area contributed by atoms with Crippen LogP contribution >= 0.6 is 0 Å². The molecule has 0 bridgehead atoms. The summed E-state index contributed by atoms with van der Waals surface area (Å²) in [6.07, 6.45) is -2.52. The molecular weight excluding hydrogens is 321 g/mol. The summed E-state index contributed by atoms with van der Waals surface area (Å²) in [7, 11) is 0. The van der Waals surface area contributed by atoms with Crippen LogP contribution in [0.4, 0.5) is 9.18 Å². The zero-order valence-electron chi connectivity index (χ0n) is 13.8. The van der Waals surface area contributed by atoms with E-state index < -0.39 is 18.4 Å². The monoisotopic (exact) mass is 341 g/mol. The van der Waals surface area contributed by atoms with Crippen LogP contribution in [0.5, 0.6) is 0 Å². The van der Waals surface area contributed by atoms with Gasteiger partial charge in [-0.3, -0.25) is 0 Å². The molecule has 1 aliphatic carbocycles. The lowest BCUT2D eigenvalue weighted by Crippen LogP contribution is -2.47. The number of piperidine rings is 1. The Kier molecular flexibility index (Phi) is 4.17. The lowest BCUT2D eigenvalue weighted by atomic mass is 9.98. The normalized spacial score (nSPS) is 22.4. The number of carbonyl (C=O) groups is 1. The summed E-state index contributed by atoms with van der Waals surface area (Å²) in [5.41, 5.74) is 4.60. The molecule has 1 N–H and O–H groups in total. The number of β-amino-alcohol motifs (C(OH)–C–C–N with tert-alkyl or cyclic N) is 1. The van der Waals surface area contributed by atoms with Crippen LogP contribution in [0.1, 0.15) is 23.5 Å². The van der Waals surface area contributed by atoms with E-state index in [9.17, 15) is 14.3 Å². The average molecular weight is 341 g/mol. The summed E-state index contributed by atoms with van der Waals surface area (Å²) in [6, 6.07) is 16.2. The molecule has 1 aliphatic heterocycles. The molecule has 4 nitrogen and oxygen atoms in total. The fourth-order valence-corrected chi connectivity index (χ4v) is 3.85. The first-order valence-corrected chi connectivity index (χ1v) is 8.55. The molecule has 2 aliphatic rings. The molecule has 0 aromatic heterocycles. The van der Waals surface area contributed by atoms with Gasteiger partial charge in [-0.1, -0.05) is 48.5 Å². The molecule has 2 aromatic rings. The number of fused-ring (bicyclic) bond motifs is 3. The molecule has 1 heterocycles. The molecule has 4 rings (SSSR count). The van der Waals surface area contributed by atoms with Crippen LogP contribution in [0.3, 0.4) is 0 Å². The Bertz CT molecular complexity index is 739. The second-order valence-corrected chi connectivity index (χ2v) is 6.70. The summed E-state index contributed by atoms with van der Waals surface area (Å²) in [4.78, 5) is 13.6. The van der Waals surface area contributed by atoms with Crippen LogP contribution in [0.25, 0.3) is 11.1 Å². The summed E-state index contributed by atoms with van der Waals surface area (Å²) in [6.45, 7) is 0.307. The van der Waals surface area contributed by atoms with Crippen molar-refractivity contribution in [1.29, 1.82) is 0 Å². The van der Waals surface area contributed by atoms with Crippen molar-refractivity contribution in [3.05, 3.63) is 59.7 Å². The number of aliphatic hydroxyl groups excluding tert-OH is 1. The van der Waals surface area contributed by atoms with Crippen LogP contribution in [-0.4, -0.2) is 48.1 Å². The Labute approximate surface area is 145 Å². The molecule has 0 unspecified atom stereocenters. The minimum Gasteiger partial charge on any atom is -0.448 e. The Hall–Kier alpha value is -2.40. The minimum absolute atomic E-state index is 0.0201. The molecule has 1 amide bonds. The maximum atomic E-state index is 13.6. The van der Waals surface area contributed by atoms with Gasteiger partial charge in [-0.05, 0) is 22.3 Å². The van der Waals surface area contributed by atoms with Crippen LogP contribution in [0.2, 0.25) is 0 Å². The lowest BCUT2D eigenvalue weighted by Gasteiger charge is -2.31. The number of likely N-dealkylation sites (tertiary alicyclic amines) is 1. The largest absolute Gasteiger partial charge is 0.448 e. The fourth-order valence-electron chi connectivity index (χ4n) is 3.85. The van der Waals surface area contributed by atoms with Crippen LogP contribution in [0.15, 0.2) is 48.5 Å². The van der Waals surface area contributed by atoms with E-state index in [0.717, 1.165) is 22.3 Å². The Morgan fingerprint density at radius 3 is 2.28 bits per heavy atom. The van der Waals surface area contributed by atoms with Gasteiger partial charge in [-0.25, -0.2) is 9.18 Å². The Morgan fingerprint density at radius 1 is 1.08 bits per heavy atom. The highest BCUT2D eigenvalue weighted by molar-refractivity contribution is 5.79. The van der Waals surface area contributed by atoms with Crippen molar-refractivity contribution in [3.63, 3.8) is 0 Å². The second-order valence-electron chi connectivity index (χ2n) is 6.70. The molecule has 0 radical (unpaired) electrons. The van der Waals surface area contributed by atoms with Crippen molar-refractivity contribution in [1.82, 2.24) is 4.90 Å². The SMILES string of the molecule is O=C(OCC1c2ccccc2-c2ccccc21)N1C[C@H](O)C[C@H](F)C1. The molecule has 1 fully saturated rings. The average Bonchev–Trinajstić information content (AvgIpc) is 2.93. The highest BCUT2D eigenvalue weighted by Gasteiger charge is 2.32. The van der Waals surface area contributed by atoms with E-state index in [4.69, 9.17) is 4.74 Å². The number of benzene rings is 2. The van der Waals surface area contributed by atoms with Crippen molar-refractivity contribution in [3.8, 4) is 11.1 Å². The summed E-state index contributed by atoms with van der Waals surface area (Å²) < 4.78 is 19.1. The summed E-state index contributed by atoms with van der Waals surface area (Å²) in [5, 5.41) is 9.65. The molecule has 2 atom stereocenters. The van der Waals surface area contributed by atoms with Gasteiger partial charge in [-0.15, -0.1) is 0 Å². The third-order valence-corrected chi connectivity index (χ3v) is 4.97. The van der Waals surface area contributed by atoms with Crippen molar-refractivity contribution in [2.75, 3.05) is 19.7 Å². The zero-order chi connectivity index (χ0) is 17.4. The van der Waals surface area contributed by atoms with Gasteiger partial charge in [0.15, 0.2) is 0 Å². The number of aliphatic hydroxyl groups is 1. The number of hydrogen-bond acceptors (Lipinski definition) is 3. The predicted octanol–water partition coefficient (Wildman–Crippen LogP) is 3.34. The fraction of sp³-hybridized carbons (Fsp3) is 0.350. The number of rotatable bonds is 2. The van der Waals surface area contributed by atoms with Crippen LogP contribution in [-0.2, 0) is 4.74 Å². The smallest absolute Gasteiger partial charge is 0.409 e. The third-order valence-electron chi connectivity index (χ3n) is 4.97. The van der Waals surface area contributed by atoms with Crippen molar-refractivity contribution < 1.29 is 19.0 Å². The predicted molar refractivity (Wildman–Crippen MR) is 92.2 cm³/mol. The van der Waals surface area contributed by atoms with Crippen molar-refractivity contribution >= 4 is 6.09 Å². The molecule has 0 spiro atoms. The molecule has 0 saturated carbocycles. The van der Waals surface area contributed by atoms with E-state index in [-0.39, 0.29) is 32.0 Å². The Balaban J connectivity index is 1.50. The van der Waals surface area contributed by atoms with Gasteiger partial charge in [0.1, 0.15) is 12.8 Å². The van der Waals surface area contributed by atoms with E-state index in [0.29, 0.717) is 0 Å². The van der Waals surface area contributed by atoms with Gasteiger partial charge in [0, 0.05) is 12.3 Å². The Morgan fingerprint density at radius 2 is 1.68 bits per heavy atom. The molecule has 5 heteroatoms. The third kappa shape index (κ3) is 3.00. The van der Waals surface area contributed by atoms with E-state index in [1.165, 1.54) is 4.90 Å². The quantitative estimate of drug-likeness (QED) is 0.911. The van der Waals surface area contributed by atoms with Crippen molar-refractivity contribution in [2.45, 2.75) is 24.6 Å². The van der Waals surface area contributed by atoms with Crippen LogP contribution < -0.4 is 0 Å². The first-order chi connectivity index (χ1) is 12.1. The minimum atomic E-state index is -1.20. The summed E-state index contributed by atoms with van der Waals surface area (Å²) >= 11 is 0. The number of amides is 1. The van der Waals surface area contributed by atoms with Gasteiger partial charge in [0.2, 0.25) is 0 Å². The van der Waals surface area contributed by atoms with Gasteiger partial charge in [0.05, 0.1) is 19.2 Å². The lowest BCUT2D eigenvalue weighted by molar-refractivity contribution is 0.0175. The van der Waals surface area contributed by atoms with E-state index in [2.05, 4.69) is 24.3 Å². The van der Waals surface area contributed by atoms with E-state index >= 15 is 0 Å². The number of hydrogen-bond donors (Lipinski definition) is 1. The molecule has 1 saturated heterocycles. The molecule has 2 aromatic carbocycles. The highest BCUT2D eigenvalue weighted by Crippen LogP contribution is 2.44. The number of nitrogens with zero attached hydrogens (tertiary/aromatic N) is 1. The van der Waals surface area contributed by atoms with Gasteiger partial charge < -0.3 is 14.7 Å². The first-order valence-electron chi connectivity index (χ1n) is 8.55. The van der Waals surface area contributed by atoms with Gasteiger partial charge >= 0.3 is 6.09 Å².